The standard InChI is InChI=1S/C18H20/c1-3-12-18(13-4-2)14-8-11-17(15-18)16-9-6-5-7-10-16/h3-11,14H,1-2,12-13,15H2. The second kappa shape index (κ2) is 5.68. The van der Waals surface area contributed by atoms with Gasteiger partial charge in [-0.05, 0) is 35.8 Å². The van der Waals surface area contributed by atoms with Crippen molar-refractivity contribution < 1.29 is 0 Å². The maximum Gasteiger partial charge on any atom is -0.000589 e. The Morgan fingerprint density at radius 3 is 2.33 bits per heavy atom. The van der Waals surface area contributed by atoms with E-state index in [9.17, 15) is 0 Å². The highest BCUT2D eigenvalue weighted by atomic mass is 14.3. The fourth-order valence-electron chi connectivity index (χ4n) is 2.65. The molecule has 2 rings (SSSR count). The van der Waals surface area contributed by atoms with Gasteiger partial charge in [0.15, 0.2) is 0 Å². The summed E-state index contributed by atoms with van der Waals surface area (Å²) in [6.45, 7) is 7.78. The Kier molecular flexibility index (Phi) is 3.99. The summed E-state index contributed by atoms with van der Waals surface area (Å²) < 4.78 is 0. The summed E-state index contributed by atoms with van der Waals surface area (Å²) in [7, 11) is 0. The van der Waals surface area contributed by atoms with Crippen molar-refractivity contribution in [1.29, 1.82) is 0 Å². The van der Waals surface area contributed by atoms with Gasteiger partial charge in [-0.1, -0.05) is 60.7 Å². The molecular weight excluding hydrogens is 216 g/mol. The van der Waals surface area contributed by atoms with Crippen LogP contribution in [0.15, 0.2) is 73.9 Å². The van der Waals surface area contributed by atoms with Gasteiger partial charge in [0, 0.05) is 0 Å². The van der Waals surface area contributed by atoms with Gasteiger partial charge in [0.25, 0.3) is 0 Å². The number of rotatable bonds is 5. The first-order valence-corrected chi connectivity index (χ1v) is 6.45. The summed E-state index contributed by atoms with van der Waals surface area (Å²) >= 11 is 0. The van der Waals surface area contributed by atoms with E-state index in [1.165, 1.54) is 11.1 Å². The van der Waals surface area contributed by atoms with Crippen LogP contribution in [0.2, 0.25) is 0 Å². The zero-order valence-corrected chi connectivity index (χ0v) is 10.8. The third kappa shape index (κ3) is 2.70. The monoisotopic (exact) mass is 236 g/mol. The molecule has 0 saturated carbocycles. The third-order valence-electron chi connectivity index (χ3n) is 3.54. The van der Waals surface area contributed by atoms with Crippen molar-refractivity contribution in [1.82, 2.24) is 0 Å². The molecular formula is C18H20. The number of hydrogen-bond acceptors (Lipinski definition) is 0. The SMILES string of the molecule is C=CCC1(CC=C)C=CC=C(c2ccccc2)C1. The molecule has 18 heavy (non-hydrogen) atoms. The summed E-state index contributed by atoms with van der Waals surface area (Å²) in [4.78, 5) is 0. The molecule has 0 spiro atoms. The smallest absolute Gasteiger partial charge is 0.000589 e. The lowest BCUT2D eigenvalue weighted by atomic mass is 9.72. The van der Waals surface area contributed by atoms with Gasteiger partial charge >= 0.3 is 0 Å². The molecule has 0 nitrogen and oxygen atoms in total. The first-order valence-electron chi connectivity index (χ1n) is 6.45. The normalized spacial score (nSPS) is 17.0. The van der Waals surface area contributed by atoms with E-state index < -0.39 is 0 Å². The van der Waals surface area contributed by atoms with Crippen LogP contribution in [0.1, 0.15) is 24.8 Å². The van der Waals surface area contributed by atoms with Crippen LogP contribution in [0.5, 0.6) is 0 Å². The zero-order valence-electron chi connectivity index (χ0n) is 10.8. The van der Waals surface area contributed by atoms with Crippen LogP contribution in [0.3, 0.4) is 0 Å². The van der Waals surface area contributed by atoms with E-state index >= 15 is 0 Å². The zero-order chi connectivity index (χ0) is 12.8. The second-order valence-corrected chi connectivity index (χ2v) is 4.94. The maximum absolute atomic E-state index is 3.89. The molecule has 0 saturated heterocycles. The van der Waals surface area contributed by atoms with E-state index in [4.69, 9.17) is 0 Å². The summed E-state index contributed by atoms with van der Waals surface area (Å²) in [5, 5.41) is 0. The van der Waals surface area contributed by atoms with Crippen LogP contribution >= 0.6 is 0 Å². The molecule has 0 fully saturated rings. The lowest BCUT2D eigenvalue weighted by Gasteiger charge is -2.32. The molecule has 1 aliphatic carbocycles. The van der Waals surface area contributed by atoms with Crippen molar-refractivity contribution in [3.63, 3.8) is 0 Å². The summed E-state index contributed by atoms with van der Waals surface area (Å²) in [5.74, 6) is 0. The molecule has 0 bridgehead atoms. The van der Waals surface area contributed by atoms with Crippen LogP contribution in [0, 0.1) is 5.41 Å². The van der Waals surface area contributed by atoms with Crippen molar-refractivity contribution >= 4 is 5.57 Å². The van der Waals surface area contributed by atoms with Crippen LogP contribution in [-0.4, -0.2) is 0 Å². The fraction of sp³-hybridized carbons (Fsp3) is 0.222. The molecule has 0 heterocycles. The van der Waals surface area contributed by atoms with E-state index in [1.54, 1.807) is 0 Å². The van der Waals surface area contributed by atoms with Crippen molar-refractivity contribution in [3.8, 4) is 0 Å². The molecule has 0 aliphatic heterocycles. The average molecular weight is 236 g/mol. The van der Waals surface area contributed by atoms with Crippen LogP contribution in [-0.2, 0) is 0 Å². The van der Waals surface area contributed by atoms with E-state index in [-0.39, 0.29) is 5.41 Å². The highest BCUT2D eigenvalue weighted by Crippen LogP contribution is 2.42. The molecule has 1 aliphatic rings. The average Bonchev–Trinajstić information content (AvgIpc) is 2.40. The van der Waals surface area contributed by atoms with Gasteiger partial charge in [0.2, 0.25) is 0 Å². The lowest BCUT2D eigenvalue weighted by Crippen LogP contribution is -2.19. The largest absolute Gasteiger partial charge is 0.103 e. The Morgan fingerprint density at radius 2 is 1.72 bits per heavy atom. The summed E-state index contributed by atoms with van der Waals surface area (Å²) in [6.07, 6.45) is 13.8. The first-order chi connectivity index (χ1) is 8.79. The topological polar surface area (TPSA) is 0 Å². The van der Waals surface area contributed by atoms with Gasteiger partial charge in [-0.3, -0.25) is 0 Å². The van der Waals surface area contributed by atoms with Crippen molar-refractivity contribution in [2.24, 2.45) is 5.41 Å². The molecule has 0 amide bonds. The Labute approximate surface area is 110 Å². The van der Waals surface area contributed by atoms with Gasteiger partial charge in [-0.2, -0.15) is 0 Å². The van der Waals surface area contributed by atoms with Gasteiger partial charge < -0.3 is 0 Å². The molecule has 1 aromatic carbocycles. The Hall–Kier alpha value is -1.82. The third-order valence-corrected chi connectivity index (χ3v) is 3.54. The highest BCUT2D eigenvalue weighted by Gasteiger charge is 2.27. The summed E-state index contributed by atoms with van der Waals surface area (Å²) in [5.41, 5.74) is 2.89. The van der Waals surface area contributed by atoms with Crippen LogP contribution in [0.4, 0.5) is 0 Å². The van der Waals surface area contributed by atoms with Gasteiger partial charge in [0.1, 0.15) is 0 Å². The van der Waals surface area contributed by atoms with Gasteiger partial charge in [-0.25, -0.2) is 0 Å². The minimum atomic E-state index is 0.170. The highest BCUT2D eigenvalue weighted by molar-refractivity contribution is 5.69. The van der Waals surface area contributed by atoms with E-state index in [2.05, 4.69) is 61.7 Å². The Morgan fingerprint density at radius 1 is 1.06 bits per heavy atom. The number of benzene rings is 1. The van der Waals surface area contributed by atoms with E-state index in [0.29, 0.717) is 0 Å². The Bertz CT molecular complexity index is 464. The molecule has 0 N–H and O–H groups in total. The minimum Gasteiger partial charge on any atom is -0.103 e. The van der Waals surface area contributed by atoms with Gasteiger partial charge in [-0.15, -0.1) is 13.2 Å². The molecule has 0 heteroatoms. The minimum absolute atomic E-state index is 0.170. The maximum atomic E-state index is 3.89. The first kappa shape index (κ1) is 12.6. The van der Waals surface area contributed by atoms with Gasteiger partial charge in [0.05, 0.1) is 0 Å². The molecule has 0 unspecified atom stereocenters. The van der Waals surface area contributed by atoms with Crippen molar-refractivity contribution in [3.05, 3.63) is 79.4 Å². The Balaban J connectivity index is 2.26. The lowest BCUT2D eigenvalue weighted by molar-refractivity contribution is 0.400. The van der Waals surface area contributed by atoms with E-state index in [1.807, 2.05) is 12.2 Å². The van der Waals surface area contributed by atoms with Crippen LogP contribution < -0.4 is 0 Å². The second-order valence-electron chi connectivity index (χ2n) is 4.94. The van der Waals surface area contributed by atoms with Crippen molar-refractivity contribution in [2.75, 3.05) is 0 Å². The quantitative estimate of drug-likeness (QED) is 0.619. The fourth-order valence-corrected chi connectivity index (χ4v) is 2.65. The molecule has 92 valence electrons. The predicted octanol–water partition coefficient (Wildman–Crippen LogP) is 5.17. The number of hydrogen-bond donors (Lipinski definition) is 0. The van der Waals surface area contributed by atoms with Crippen LogP contribution in [0.25, 0.3) is 5.57 Å². The molecule has 0 radical (unpaired) electrons. The molecule has 1 aromatic rings. The number of allylic oxidation sites excluding steroid dienone is 6. The molecule has 0 atom stereocenters. The predicted molar refractivity (Wildman–Crippen MR) is 80.2 cm³/mol. The van der Waals surface area contributed by atoms with Crippen molar-refractivity contribution in [2.45, 2.75) is 19.3 Å². The van der Waals surface area contributed by atoms with E-state index in [0.717, 1.165) is 19.3 Å². The molecule has 0 aromatic heterocycles. The summed E-state index contributed by atoms with van der Waals surface area (Å²) in [6, 6.07) is 10.6.